The zero-order chi connectivity index (χ0) is 27.2. The van der Waals surface area contributed by atoms with Crippen molar-refractivity contribution in [1.82, 2.24) is 4.90 Å². The van der Waals surface area contributed by atoms with Crippen molar-refractivity contribution in [2.45, 2.75) is 38.4 Å². The van der Waals surface area contributed by atoms with Crippen LogP contribution in [0, 0.1) is 10.1 Å². The molecule has 1 aliphatic rings. The minimum Gasteiger partial charge on any atom is -0.489 e. The number of esters is 2. The molecule has 196 valence electrons. The molecule has 3 aromatic carbocycles. The Kier molecular flexibility index (Phi) is 7.97. The lowest BCUT2D eigenvalue weighted by Crippen LogP contribution is -2.71. The lowest BCUT2D eigenvalue weighted by atomic mass is 9.96. The molecule has 38 heavy (non-hydrogen) atoms. The number of ether oxygens (including phenoxy) is 3. The summed E-state index contributed by atoms with van der Waals surface area (Å²) < 4.78 is 16.4. The fourth-order valence-electron chi connectivity index (χ4n) is 3.93. The Labute approximate surface area is 217 Å². The number of carbonyl (C=O) groups is 3. The summed E-state index contributed by atoms with van der Waals surface area (Å²) in [5, 5.41) is 10.9. The van der Waals surface area contributed by atoms with E-state index in [1.165, 1.54) is 31.2 Å². The van der Waals surface area contributed by atoms with E-state index in [1.54, 1.807) is 24.3 Å². The van der Waals surface area contributed by atoms with E-state index in [2.05, 4.69) is 0 Å². The van der Waals surface area contributed by atoms with Crippen LogP contribution in [0.5, 0.6) is 5.75 Å². The number of β-lactam (4-membered cyclic amide) rings is 1. The molecule has 1 heterocycles. The maximum Gasteiger partial charge on any atom is 0.334 e. The van der Waals surface area contributed by atoms with E-state index in [1.807, 2.05) is 30.3 Å². The number of amides is 1. The third kappa shape index (κ3) is 5.95. The van der Waals surface area contributed by atoms with Gasteiger partial charge in [0.05, 0.1) is 4.92 Å². The van der Waals surface area contributed by atoms with Gasteiger partial charge in [-0.25, -0.2) is 4.79 Å². The molecule has 1 fully saturated rings. The number of nitrogens with zero attached hydrogens (tertiary/aromatic N) is 2. The topological polar surface area (TPSA) is 151 Å². The summed E-state index contributed by atoms with van der Waals surface area (Å²) in [4.78, 5) is 49.0. The number of hydrogen-bond acceptors (Lipinski definition) is 9. The van der Waals surface area contributed by atoms with Crippen molar-refractivity contribution in [2.24, 2.45) is 5.73 Å². The van der Waals surface area contributed by atoms with E-state index in [-0.39, 0.29) is 12.3 Å². The van der Waals surface area contributed by atoms with Gasteiger partial charge in [0, 0.05) is 19.1 Å². The summed E-state index contributed by atoms with van der Waals surface area (Å²) >= 11 is 0. The number of nitro groups is 1. The lowest BCUT2D eigenvalue weighted by Gasteiger charge is -2.47. The van der Waals surface area contributed by atoms with E-state index in [0.717, 1.165) is 10.5 Å². The molecule has 0 aliphatic carbocycles. The average molecular weight is 520 g/mol. The number of hydrogen-bond donors (Lipinski definition) is 1. The second-order valence-corrected chi connectivity index (χ2v) is 8.55. The molecule has 1 amide bonds. The highest BCUT2D eigenvalue weighted by Crippen LogP contribution is 2.34. The predicted octanol–water partition coefficient (Wildman–Crippen LogP) is 3.02. The van der Waals surface area contributed by atoms with Gasteiger partial charge in [-0.1, -0.05) is 42.5 Å². The lowest BCUT2D eigenvalue weighted by molar-refractivity contribution is -0.384. The molecular weight excluding hydrogens is 494 g/mol. The molecule has 2 N–H and O–H groups in total. The van der Waals surface area contributed by atoms with Gasteiger partial charge < -0.3 is 19.9 Å². The SMILES string of the molecule is CC(=O)OC1C(N)C(=O)N1C(C(=O)OCc1ccc([N+](=O)[O-])cc1)c1ccc(OCc2ccccc2)cc1. The molecule has 3 aromatic rings. The van der Waals surface area contributed by atoms with Crippen LogP contribution in [0.25, 0.3) is 0 Å². The summed E-state index contributed by atoms with van der Waals surface area (Å²) in [5.74, 6) is -1.50. The van der Waals surface area contributed by atoms with E-state index >= 15 is 0 Å². The second-order valence-electron chi connectivity index (χ2n) is 8.55. The minimum absolute atomic E-state index is 0.100. The number of likely N-dealkylation sites (tertiary alicyclic amines) is 1. The van der Waals surface area contributed by atoms with Crippen molar-refractivity contribution < 1.29 is 33.5 Å². The monoisotopic (exact) mass is 519 g/mol. The molecule has 0 spiro atoms. The van der Waals surface area contributed by atoms with E-state index in [9.17, 15) is 24.5 Å². The smallest absolute Gasteiger partial charge is 0.334 e. The molecule has 3 atom stereocenters. The van der Waals surface area contributed by atoms with Crippen molar-refractivity contribution in [1.29, 1.82) is 0 Å². The first-order valence-corrected chi connectivity index (χ1v) is 11.7. The van der Waals surface area contributed by atoms with Gasteiger partial charge in [-0.15, -0.1) is 0 Å². The van der Waals surface area contributed by atoms with Crippen molar-refractivity contribution in [3.8, 4) is 5.75 Å². The molecule has 11 nitrogen and oxygen atoms in total. The predicted molar refractivity (Wildman–Crippen MR) is 133 cm³/mol. The Morgan fingerprint density at radius 2 is 1.61 bits per heavy atom. The van der Waals surface area contributed by atoms with Crippen molar-refractivity contribution in [3.63, 3.8) is 0 Å². The molecule has 11 heteroatoms. The first kappa shape index (κ1) is 26.3. The van der Waals surface area contributed by atoms with Crippen LogP contribution in [0.4, 0.5) is 5.69 Å². The highest BCUT2D eigenvalue weighted by atomic mass is 16.6. The second kappa shape index (κ2) is 11.5. The number of non-ortho nitro benzene ring substituents is 1. The summed E-state index contributed by atoms with van der Waals surface area (Å²) in [7, 11) is 0. The van der Waals surface area contributed by atoms with Gasteiger partial charge in [0.1, 0.15) is 25.0 Å². The Morgan fingerprint density at radius 1 is 0.974 bits per heavy atom. The molecule has 0 saturated carbocycles. The molecule has 0 radical (unpaired) electrons. The van der Waals surface area contributed by atoms with Gasteiger partial charge in [0.2, 0.25) is 12.1 Å². The third-order valence-electron chi connectivity index (χ3n) is 5.88. The number of nitro benzene ring substituents is 1. The maximum atomic E-state index is 13.3. The molecule has 0 aromatic heterocycles. The van der Waals surface area contributed by atoms with Crippen molar-refractivity contribution in [3.05, 3.63) is 106 Å². The molecular formula is C27H25N3O8. The third-order valence-corrected chi connectivity index (χ3v) is 5.88. The van der Waals surface area contributed by atoms with E-state index < -0.39 is 41.1 Å². The summed E-state index contributed by atoms with van der Waals surface area (Å²) in [6.07, 6.45) is -1.15. The Balaban J connectivity index is 1.53. The largest absolute Gasteiger partial charge is 0.489 e. The minimum atomic E-state index is -1.26. The zero-order valence-electron chi connectivity index (χ0n) is 20.4. The molecule has 1 aliphatic heterocycles. The van der Waals surface area contributed by atoms with Crippen molar-refractivity contribution in [2.75, 3.05) is 0 Å². The molecule has 3 unspecified atom stereocenters. The van der Waals surface area contributed by atoms with Gasteiger partial charge >= 0.3 is 11.9 Å². The van der Waals surface area contributed by atoms with E-state index in [4.69, 9.17) is 19.9 Å². The van der Waals surface area contributed by atoms with Crippen LogP contribution in [0.2, 0.25) is 0 Å². The fourth-order valence-corrected chi connectivity index (χ4v) is 3.93. The van der Waals surface area contributed by atoms with Crippen LogP contribution in [-0.2, 0) is 37.1 Å². The van der Waals surface area contributed by atoms with Gasteiger partial charge in [0.15, 0.2) is 6.04 Å². The Bertz CT molecular complexity index is 1310. The zero-order valence-corrected chi connectivity index (χ0v) is 20.4. The quantitative estimate of drug-likeness (QED) is 0.184. The van der Waals surface area contributed by atoms with Crippen LogP contribution < -0.4 is 10.5 Å². The maximum absolute atomic E-state index is 13.3. The van der Waals surface area contributed by atoms with Gasteiger partial charge in [-0.3, -0.25) is 24.6 Å². The van der Waals surface area contributed by atoms with E-state index in [0.29, 0.717) is 23.5 Å². The van der Waals surface area contributed by atoms with Crippen LogP contribution in [-0.4, -0.2) is 39.9 Å². The first-order valence-electron chi connectivity index (χ1n) is 11.7. The highest BCUT2D eigenvalue weighted by Gasteiger charge is 2.53. The summed E-state index contributed by atoms with van der Waals surface area (Å²) in [6, 6.07) is 19.3. The molecule has 0 bridgehead atoms. The van der Waals surface area contributed by atoms with Gasteiger partial charge in [-0.2, -0.15) is 0 Å². The number of carbonyl (C=O) groups excluding carboxylic acids is 3. The van der Waals surface area contributed by atoms with Crippen LogP contribution in [0.15, 0.2) is 78.9 Å². The van der Waals surface area contributed by atoms with Gasteiger partial charge in [0.25, 0.3) is 5.69 Å². The molecule has 1 saturated heterocycles. The normalized spacial score (nSPS) is 17.2. The number of benzene rings is 3. The van der Waals surface area contributed by atoms with Crippen LogP contribution >= 0.6 is 0 Å². The number of nitrogens with two attached hydrogens (primary N) is 1. The average Bonchev–Trinajstić information content (AvgIpc) is 2.93. The van der Waals surface area contributed by atoms with Gasteiger partial charge in [-0.05, 0) is 41.0 Å². The van der Waals surface area contributed by atoms with Crippen LogP contribution in [0.3, 0.4) is 0 Å². The number of rotatable bonds is 10. The first-order chi connectivity index (χ1) is 18.2. The van der Waals surface area contributed by atoms with Crippen LogP contribution in [0.1, 0.15) is 29.7 Å². The highest BCUT2D eigenvalue weighted by molar-refractivity contribution is 5.94. The summed E-state index contributed by atoms with van der Waals surface area (Å²) in [6.45, 7) is 1.32. The Morgan fingerprint density at radius 3 is 2.21 bits per heavy atom. The van der Waals surface area contributed by atoms with Crippen molar-refractivity contribution >= 4 is 23.5 Å². The fraction of sp³-hybridized carbons (Fsp3) is 0.222. The Hall–Kier alpha value is -4.77. The molecule has 4 rings (SSSR count). The standard InChI is InChI=1S/C27H25N3O8/c1-17(31)38-26-23(28)25(32)29(26)24(27(33)37-16-19-7-11-21(12-8-19)30(34)35)20-9-13-22(14-10-20)36-15-18-5-3-2-4-6-18/h2-14,23-24,26H,15-16,28H2,1H3. The summed E-state index contributed by atoms with van der Waals surface area (Å²) in [5.41, 5.74) is 7.63.